The number of pyridine rings is 1. The number of fused-ring (bicyclic) bond motifs is 1. The number of hydrogen-bond donors (Lipinski definition) is 1. The third-order valence-corrected chi connectivity index (χ3v) is 3.16. The van der Waals surface area contributed by atoms with Gasteiger partial charge in [0.1, 0.15) is 5.82 Å². The van der Waals surface area contributed by atoms with Gasteiger partial charge in [0.05, 0.1) is 5.69 Å². The van der Waals surface area contributed by atoms with Crippen LogP contribution in [0.4, 0.5) is 4.39 Å². The first kappa shape index (κ1) is 10.4. The topological polar surface area (TPSA) is 38.9 Å². The van der Waals surface area contributed by atoms with Crippen LogP contribution in [-0.4, -0.2) is 11.0 Å². The molecule has 0 saturated carbocycles. The molecule has 1 aromatic carbocycles. The summed E-state index contributed by atoms with van der Waals surface area (Å²) in [5.74, 6) is -0.234. The molecule has 1 aliphatic rings. The molecular weight excluding hydrogens is 215 g/mol. The molecule has 2 aromatic rings. The molecule has 0 radical (unpaired) electrons. The number of benzene rings is 1. The summed E-state index contributed by atoms with van der Waals surface area (Å²) < 4.78 is 13.6. The van der Waals surface area contributed by atoms with E-state index in [2.05, 4.69) is 4.98 Å². The Morgan fingerprint density at radius 3 is 2.76 bits per heavy atom. The minimum atomic E-state index is -0.234. The van der Waals surface area contributed by atoms with E-state index < -0.39 is 0 Å². The zero-order chi connectivity index (χ0) is 11.8. The van der Waals surface area contributed by atoms with E-state index in [1.54, 1.807) is 12.1 Å². The molecule has 0 fully saturated rings. The van der Waals surface area contributed by atoms with Crippen LogP contribution in [-0.2, 0) is 12.8 Å². The van der Waals surface area contributed by atoms with Crippen molar-refractivity contribution in [3.05, 3.63) is 53.5 Å². The van der Waals surface area contributed by atoms with Crippen molar-refractivity contribution >= 4 is 0 Å². The summed E-state index contributed by atoms with van der Waals surface area (Å²) in [5, 5.41) is 0. The van der Waals surface area contributed by atoms with Crippen molar-refractivity contribution in [2.75, 3.05) is 0 Å². The first-order chi connectivity index (χ1) is 8.24. The highest BCUT2D eigenvalue weighted by Gasteiger charge is 2.20. The maximum absolute atomic E-state index is 13.6. The first-order valence-electron chi connectivity index (χ1n) is 5.73. The molecule has 1 aliphatic carbocycles. The first-order valence-corrected chi connectivity index (χ1v) is 5.73. The molecule has 3 heteroatoms. The second-order valence-electron chi connectivity index (χ2n) is 4.45. The predicted octanol–water partition coefficient (Wildman–Crippen LogP) is 2.31. The number of hydrogen-bond acceptors (Lipinski definition) is 2. The van der Waals surface area contributed by atoms with Crippen molar-refractivity contribution in [3.63, 3.8) is 0 Å². The Balaban J connectivity index is 2.07. The van der Waals surface area contributed by atoms with Crippen molar-refractivity contribution in [2.24, 2.45) is 5.73 Å². The number of nitrogens with zero attached hydrogens (tertiary/aromatic N) is 1. The highest BCUT2D eigenvalue weighted by molar-refractivity contribution is 5.60. The summed E-state index contributed by atoms with van der Waals surface area (Å²) in [6, 6.07) is 10.7. The van der Waals surface area contributed by atoms with Gasteiger partial charge in [-0.05, 0) is 30.2 Å². The zero-order valence-corrected chi connectivity index (χ0v) is 9.36. The summed E-state index contributed by atoms with van der Waals surface area (Å²) >= 11 is 0. The average molecular weight is 228 g/mol. The molecule has 17 heavy (non-hydrogen) atoms. The number of halogens is 1. The molecule has 1 heterocycles. The third kappa shape index (κ3) is 1.83. The summed E-state index contributed by atoms with van der Waals surface area (Å²) in [6.07, 6.45) is 1.66. The molecule has 86 valence electrons. The van der Waals surface area contributed by atoms with E-state index in [-0.39, 0.29) is 11.9 Å². The zero-order valence-electron chi connectivity index (χ0n) is 9.36. The number of rotatable bonds is 1. The van der Waals surface area contributed by atoms with Crippen LogP contribution in [0.25, 0.3) is 11.3 Å². The molecule has 0 bridgehead atoms. The summed E-state index contributed by atoms with van der Waals surface area (Å²) in [5.41, 5.74) is 9.34. The molecule has 0 spiro atoms. The lowest BCUT2D eigenvalue weighted by molar-refractivity contribution is 0.630. The Kier molecular flexibility index (Phi) is 2.41. The van der Waals surface area contributed by atoms with Gasteiger partial charge in [0.2, 0.25) is 0 Å². The summed E-state index contributed by atoms with van der Waals surface area (Å²) in [6.45, 7) is 0. The maximum Gasteiger partial charge on any atom is 0.132 e. The number of aromatic nitrogens is 1. The smallest absolute Gasteiger partial charge is 0.132 e. The van der Waals surface area contributed by atoms with E-state index in [0.717, 1.165) is 18.5 Å². The minimum absolute atomic E-state index is 0.161. The highest BCUT2D eigenvalue weighted by atomic mass is 19.1. The van der Waals surface area contributed by atoms with Gasteiger partial charge < -0.3 is 5.73 Å². The Hall–Kier alpha value is -1.74. The molecule has 3 rings (SSSR count). The van der Waals surface area contributed by atoms with Crippen molar-refractivity contribution in [3.8, 4) is 11.3 Å². The fourth-order valence-corrected chi connectivity index (χ4v) is 2.31. The Morgan fingerprint density at radius 2 is 1.94 bits per heavy atom. The fourth-order valence-electron chi connectivity index (χ4n) is 2.31. The van der Waals surface area contributed by atoms with Gasteiger partial charge in [0.25, 0.3) is 0 Å². The van der Waals surface area contributed by atoms with Gasteiger partial charge in [-0.15, -0.1) is 0 Å². The summed E-state index contributed by atoms with van der Waals surface area (Å²) in [7, 11) is 0. The van der Waals surface area contributed by atoms with Crippen LogP contribution in [0.1, 0.15) is 11.3 Å². The molecule has 2 N–H and O–H groups in total. The van der Waals surface area contributed by atoms with Crippen molar-refractivity contribution in [2.45, 2.75) is 18.9 Å². The Labute approximate surface area is 99.3 Å². The largest absolute Gasteiger partial charge is 0.327 e. The fraction of sp³-hybridized carbons (Fsp3) is 0.214. The normalized spacial score (nSPS) is 18.1. The average Bonchev–Trinajstić information content (AvgIpc) is 2.68. The SMILES string of the molecule is NC1Cc2ccc(-c3ccccc3F)nc2C1. The van der Waals surface area contributed by atoms with Crippen LogP contribution in [0.15, 0.2) is 36.4 Å². The van der Waals surface area contributed by atoms with Crippen molar-refractivity contribution in [1.29, 1.82) is 0 Å². The van der Waals surface area contributed by atoms with Gasteiger partial charge in [0, 0.05) is 23.7 Å². The van der Waals surface area contributed by atoms with Gasteiger partial charge in [0.15, 0.2) is 0 Å². The summed E-state index contributed by atoms with van der Waals surface area (Å²) in [4.78, 5) is 4.51. The van der Waals surface area contributed by atoms with E-state index in [1.807, 2.05) is 18.2 Å². The predicted molar refractivity (Wildman–Crippen MR) is 65.0 cm³/mol. The highest BCUT2D eigenvalue weighted by Crippen LogP contribution is 2.25. The third-order valence-electron chi connectivity index (χ3n) is 3.16. The van der Waals surface area contributed by atoms with Crippen LogP contribution in [0, 0.1) is 5.82 Å². The molecular formula is C14H13FN2. The molecule has 1 unspecified atom stereocenters. The van der Waals surface area contributed by atoms with Crippen LogP contribution >= 0.6 is 0 Å². The van der Waals surface area contributed by atoms with Crippen LogP contribution < -0.4 is 5.73 Å². The van der Waals surface area contributed by atoms with Crippen LogP contribution in [0.3, 0.4) is 0 Å². The van der Waals surface area contributed by atoms with E-state index >= 15 is 0 Å². The van der Waals surface area contributed by atoms with Gasteiger partial charge >= 0.3 is 0 Å². The lowest BCUT2D eigenvalue weighted by Gasteiger charge is -2.04. The molecule has 2 nitrogen and oxygen atoms in total. The van der Waals surface area contributed by atoms with Crippen molar-refractivity contribution < 1.29 is 4.39 Å². The number of nitrogens with two attached hydrogens (primary N) is 1. The molecule has 1 atom stereocenters. The maximum atomic E-state index is 13.6. The van der Waals surface area contributed by atoms with E-state index in [1.165, 1.54) is 11.6 Å². The second-order valence-corrected chi connectivity index (χ2v) is 4.45. The lowest BCUT2D eigenvalue weighted by Crippen LogP contribution is -2.19. The van der Waals surface area contributed by atoms with E-state index in [9.17, 15) is 4.39 Å². The molecule has 0 aliphatic heterocycles. The Morgan fingerprint density at radius 1 is 1.12 bits per heavy atom. The van der Waals surface area contributed by atoms with Crippen LogP contribution in [0.2, 0.25) is 0 Å². The van der Waals surface area contributed by atoms with E-state index in [0.29, 0.717) is 11.3 Å². The van der Waals surface area contributed by atoms with E-state index in [4.69, 9.17) is 5.73 Å². The second kappa shape index (κ2) is 3.93. The quantitative estimate of drug-likeness (QED) is 0.813. The standard InChI is InChI=1S/C14H13FN2/c15-12-4-2-1-3-11(12)13-6-5-9-7-10(16)8-14(9)17-13/h1-6,10H,7-8,16H2. The molecule has 1 aromatic heterocycles. The Bertz CT molecular complexity index is 566. The van der Waals surface area contributed by atoms with Gasteiger partial charge in [-0.3, -0.25) is 4.98 Å². The lowest BCUT2D eigenvalue weighted by atomic mass is 10.1. The minimum Gasteiger partial charge on any atom is -0.327 e. The molecule has 0 amide bonds. The van der Waals surface area contributed by atoms with Gasteiger partial charge in [-0.2, -0.15) is 0 Å². The monoisotopic (exact) mass is 228 g/mol. The van der Waals surface area contributed by atoms with Crippen LogP contribution in [0.5, 0.6) is 0 Å². The molecule has 0 saturated heterocycles. The van der Waals surface area contributed by atoms with Gasteiger partial charge in [-0.25, -0.2) is 4.39 Å². The van der Waals surface area contributed by atoms with Crippen molar-refractivity contribution in [1.82, 2.24) is 4.98 Å². The van der Waals surface area contributed by atoms with Gasteiger partial charge in [-0.1, -0.05) is 18.2 Å².